The number of hydrogen-bond donors (Lipinski definition) is 1. The second-order valence-corrected chi connectivity index (χ2v) is 5.66. The first-order valence-corrected chi connectivity index (χ1v) is 9.02. The summed E-state index contributed by atoms with van der Waals surface area (Å²) in [5.74, 6) is 1.66. The molecule has 1 N–H and O–H groups in total. The summed E-state index contributed by atoms with van der Waals surface area (Å²) < 4.78 is 12.5. The average Bonchev–Trinajstić information content (AvgIpc) is 2.47. The van der Waals surface area contributed by atoms with Crippen LogP contribution in [0.15, 0.2) is 24.3 Å². The number of ether oxygens (including phenoxy) is 2. The molecule has 1 aromatic rings. The summed E-state index contributed by atoms with van der Waals surface area (Å²) in [6.07, 6.45) is 5.27. The fraction of sp³-hybridized carbons (Fsp3) is 0.625. The van der Waals surface area contributed by atoms with Crippen LogP contribution in [0.5, 0.6) is 11.5 Å². The minimum atomic E-state index is 0.663. The highest BCUT2D eigenvalue weighted by Crippen LogP contribution is 2.25. The van der Waals surface area contributed by atoms with Crippen LogP contribution in [0.2, 0.25) is 0 Å². The maximum atomic E-state index is 5.75. The normalized spacial score (nSPS) is 10.5. The second-order valence-electron chi connectivity index (χ2n) is 4.58. The van der Waals surface area contributed by atoms with E-state index in [0.29, 0.717) is 13.2 Å². The van der Waals surface area contributed by atoms with E-state index in [1.165, 1.54) is 30.1 Å². The molecule has 114 valence electrons. The predicted molar refractivity (Wildman–Crippen MR) is 93.3 cm³/mol. The number of benzene rings is 1. The molecule has 0 aliphatic rings. The predicted octanol–water partition coefficient (Wildman–Crippen LogP) is 4.05. The van der Waals surface area contributed by atoms with E-state index in [9.17, 15) is 0 Å². The Labute approximate surface area is 136 Å². The van der Waals surface area contributed by atoms with Crippen molar-refractivity contribution in [3.63, 3.8) is 0 Å². The Balaban J connectivity index is 2.06. The van der Waals surface area contributed by atoms with E-state index >= 15 is 0 Å². The van der Waals surface area contributed by atoms with E-state index in [1.54, 1.807) is 0 Å². The quantitative estimate of drug-likeness (QED) is 0.331. The average molecular weight is 391 g/mol. The van der Waals surface area contributed by atoms with Gasteiger partial charge < -0.3 is 14.8 Å². The van der Waals surface area contributed by atoms with Crippen molar-refractivity contribution in [1.29, 1.82) is 0 Å². The lowest BCUT2D eigenvalue weighted by Gasteiger charge is -2.11. The van der Waals surface area contributed by atoms with Crippen LogP contribution in [0.3, 0.4) is 0 Å². The molecular weight excluding hydrogens is 365 g/mol. The van der Waals surface area contributed by atoms with E-state index in [-0.39, 0.29) is 0 Å². The molecule has 0 heterocycles. The van der Waals surface area contributed by atoms with Gasteiger partial charge >= 0.3 is 0 Å². The smallest absolute Gasteiger partial charge is 0.161 e. The number of alkyl halides is 1. The van der Waals surface area contributed by atoms with Gasteiger partial charge in [-0.3, -0.25) is 0 Å². The molecule has 0 radical (unpaired) electrons. The molecule has 1 rings (SSSR count). The zero-order valence-corrected chi connectivity index (χ0v) is 14.5. The summed E-state index contributed by atoms with van der Waals surface area (Å²) in [6, 6.07) is 7.83. The zero-order valence-electron chi connectivity index (χ0n) is 12.4. The highest BCUT2D eigenvalue weighted by atomic mass is 127. The van der Waals surface area contributed by atoms with Gasteiger partial charge in [-0.15, -0.1) is 0 Å². The van der Waals surface area contributed by atoms with Gasteiger partial charge in [0.05, 0.1) is 6.61 Å². The number of nitrogens with one attached hydrogen (secondary N) is 1. The Morgan fingerprint density at radius 3 is 2.35 bits per heavy atom. The lowest BCUT2D eigenvalue weighted by atomic mass is 10.2. The van der Waals surface area contributed by atoms with Crippen molar-refractivity contribution in [3.05, 3.63) is 24.3 Å². The third-order valence-corrected chi connectivity index (χ3v) is 3.69. The highest BCUT2D eigenvalue weighted by molar-refractivity contribution is 14.1. The fourth-order valence-corrected chi connectivity index (χ4v) is 2.44. The molecule has 0 bridgehead atoms. The van der Waals surface area contributed by atoms with Crippen LogP contribution in [-0.2, 0) is 0 Å². The molecule has 0 saturated carbocycles. The van der Waals surface area contributed by atoms with Crippen molar-refractivity contribution in [3.8, 4) is 11.5 Å². The second kappa shape index (κ2) is 12.3. The van der Waals surface area contributed by atoms with Crippen LogP contribution in [0.25, 0.3) is 0 Å². The van der Waals surface area contributed by atoms with E-state index < -0.39 is 0 Å². The first-order chi connectivity index (χ1) is 9.88. The van der Waals surface area contributed by atoms with Gasteiger partial charge in [-0.25, -0.2) is 0 Å². The number of unbranched alkanes of at least 4 members (excludes halogenated alkanes) is 3. The monoisotopic (exact) mass is 391 g/mol. The van der Waals surface area contributed by atoms with Gasteiger partial charge in [0, 0.05) is 6.54 Å². The summed E-state index contributed by atoms with van der Waals surface area (Å²) in [5.41, 5.74) is 0. The Hall–Kier alpha value is -0.490. The molecule has 0 atom stereocenters. The van der Waals surface area contributed by atoms with Crippen molar-refractivity contribution >= 4 is 22.6 Å². The van der Waals surface area contributed by atoms with Crippen LogP contribution in [0, 0.1) is 0 Å². The van der Waals surface area contributed by atoms with Crippen molar-refractivity contribution in [1.82, 2.24) is 5.32 Å². The summed E-state index contributed by atoms with van der Waals surface area (Å²) in [6.45, 7) is 5.29. The molecule has 0 spiro atoms. The third kappa shape index (κ3) is 7.94. The first-order valence-electron chi connectivity index (χ1n) is 7.49. The Morgan fingerprint density at radius 2 is 1.65 bits per heavy atom. The molecule has 0 saturated heterocycles. The highest BCUT2D eigenvalue weighted by Gasteiger charge is 2.02. The number of halogens is 1. The summed E-state index contributed by atoms with van der Waals surface area (Å²) >= 11 is 2.44. The molecule has 0 aromatic heterocycles. The molecule has 4 heteroatoms. The van der Waals surface area contributed by atoms with Gasteiger partial charge in [0.15, 0.2) is 11.5 Å². The molecular formula is C16H26INO2. The minimum Gasteiger partial charge on any atom is -0.490 e. The number of rotatable bonds is 12. The summed E-state index contributed by atoms with van der Waals surface area (Å²) in [4.78, 5) is 0. The molecule has 1 aromatic carbocycles. The Morgan fingerprint density at radius 1 is 0.950 bits per heavy atom. The van der Waals surface area contributed by atoms with Crippen molar-refractivity contribution < 1.29 is 9.47 Å². The molecule has 0 fully saturated rings. The third-order valence-electron chi connectivity index (χ3n) is 2.92. The molecule has 0 aliphatic heterocycles. The lowest BCUT2D eigenvalue weighted by Crippen LogP contribution is -2.22. The fourth-order valence-electron chi connectivity index (χ4n) is 1.90. The number of para-hydroxylation sites is 2. The maximum absolute atomic E-state index is 5.75. The molecule has 0 amide bonds. The van der Waals surface area contributed by atoms with Crippen LogP contribution < -0.4 is 14.8 Å². The largest absolute Gasteiger partial charge is 0.490 e. The van der Waals surface area contributed by atoms with Gasteiger partial charge in [-0.1, -0.05) is 47.6 Å². The zero-order chi connectivity index (χ0) is 14.5. The van der Waals surface area contributed by atoms with Gasteiger partial charge in [0.1, 0.15) is 6.61 Å². The van der Waals surface area contributed by atoms with Crippen molar-refractivity contribution in [2.24, 2.45) is 0 Å². The van der Waals surface area contributed by atoms with E-state index in [4.69, 9.17) is 9.47 Å². The molecule has 0 unspecified atom stereocenters. The van der Waals surface area contributed by atoms with E-state index in [0.717, 1.165) is 24.6 Å². The maximum Gasteiger partial charge on any atom is 0.161 e. The van der Waals surface area contributed by atoms with E-state index in [2.05, 4.69) is 27.9 Å². The van der Waals surface area contributed by atoms with Crippen LogP contribution in [0.1, 0.15) is 32.6 Å². The first kappa shape index (κ1) is 17.6. The molecule has 0 aliphatic carbocycles. The summed E-state index contributed by atoms with van der Waals surface area (Å²) in [5, 5.41) is 3.42. The Kier molecular flexibility index (Phi) is 10.8. The van der Waals surface area contributed by atoms with Crippen LogP contribution >= 0.6 is 22.6 Å². The van der Waals surface area contributed by atoms with Gasteiger partial charge in [0.25, 0.3) is 0 Å². The Bertz CT molecular complexity index is 347. The standard InChI is InChI=1S/C16H26INO2/c1-2-19-15-9-5-6-10-16(15)20-14-13-18-12-8-4-3-7-11-17/h5-6,9-10,18H,2-4,7-8,11-14H2,1H3. The van der Waals surface area contributed by atoms with Gasteiger partial charge in [-0.05, 0) is 42.9 Å². The van der Waals surface area contributed by atoms with Crippen LogP contribution in [0.4, 0.5) is 0 Å². The molecule has 20 heavy (non-hydrogen) atoms. The van der Waals surface area contributed by atoms with Gasteiger partial charge in [0.2, 0.25) is 0 Å². The number of hydrogen-bond acceptors (Lipinski definition) is 3. The molecule has 3 nitrogen and oxygen atoms in total. The van der Waals surface area contributed by atoms with Crippen molar-refractivity contribution in [2.45, 2.75) is 32.6 Å². The lowest BCUT2D eigenvalue weighted by molar-refractivity contribution is 0.275. The van der Waals surface area contributed by atoms with E-state index in [1.807, 2.05) is 31.2 Å². The van der Waals surface area contributed by atoms with Crippen LogP contribution in [-0.4, -0.2) is 30.7 Å². The summed E-state index contributed by atoms with van der Waals surface area (Å²) in [7, 11) is 0. The topological polar surface area (TPSA) is 30.5 Å². The minimum absolute atomic E-state index is 0.663. The SMILES string of the molecule is CCOc1ccccc1OCCNCCCCCCI. The van der Waals surface area contributed by atoms with Gasteiger partial charge in [-0.2, -0.15) is 0 Å². The van der Waals surface area contributed by atoms with Crippen molar-refractivity contribution in [2.75, 3.05) is 30.7 Å².